The van der Waals surface area contributed by atoms with Gasteiger partial charge in [-0.15, -0.1) is 0 Å². The van der Waals surface area contributed by atoms with Gasteiger partial charge in [0.25, 0.3) is 5.91 Å². The SMILES string of the molecule is Cc1ccc(Nc2nc(C)cc(C(=O)Nc3ccccc3C)n2)c(C)c1. The Morgan fingerprint density at radius 3 is 2.35 bits per heavy atom. The summed E-state index contributed by atoms with van der Waals surface area (Å²) in [5.74, 6) is 0.153. The summed E-state index contributed by atoms with van der Waals surface area (Å²) in [6.45, 7) is 7.87. The van der Waals surface area contributed by atoms with Gasteiger partial charge in [0.2, 0.25) is 5.95 Å². The van der Waals surface area contributed by atoms with Crippen molar-refractivity contribution in [3.05, 3.63) is 76.6 Å². The van der Waals surface area contributed by atoms with E-state index in [1.54, 1.807) is 6.07 Å². The van der Waals surface area contributed by atoms with E-state index >= 15 is 0 Å². The minimum absolute atomic E-state index is 0.256. The molecule has 1 amide bonds. The van der Waals surface area contributed by atoms with Crippen molar-refractivity contribution in [2.24, 2.45) is 0 Å². The fourth-order valence-electron chi connectivity index (χ4n) is 2.71. The maximum absolute atomic E-state index is 12.6. The number of hydrogen-bond donors (Lipinski definition) is 2. The van der Waals surface area contributed by atoms with Crippen LogP contribution in [0, 0.1) is 27.7 Å². The highest BCUT2D eigenvalue weighted by Crippen LogP contribution is 2.20. The number of aromatic nitrogens is 2. The van der Waals surface area contributed by atoms with Gasteiger partial charge in [-0.05, 0) is 57.0 Å². The largest absolute Gasteiger partial charge is 0.324 e. The van der Waals surface area contributed by atoms with Crippen LogP contribution in [0.15, 0.2) is 48.5 Å². The summed E-state index contributed by atoms with van der Waals surface area (Å²) in [4.78, 5) is 21.4. The van der Waals surface area contributed by atoms with E-state index in [0.717, 1.165) is 28.2 Å². The Bertz CT molecular complexity index is 966. The molecule has 0 radical (unpaired) electrons. The normalized spacial score (nSPS) is 10.5. The van der Waals surface area contributed by atoms with Gasteiger partial charge in [-0.25, -0.2) is 9.97 Å². The van der Waals surface area contributed by atoms with Crippen LogP contribution in [0.2, 0.25) is 0 Å². The average molecular weight is 346 g/mol. The minimum Gasteiger partial charge on any atom is -0.324 e. The Kier molecular flexibility index (Phi) is 4.98. The number of carbonyl (C=O) groups excluding carboxylic acids is 1. The van der Waals surface area contributed by atoms with Gasteiger partial charge in [0.15, 0.2) is 0 Å². The summed E-state index contributed by atoms with van der Waals surface area (Å²) in [6.07, 6.45) is 0. The highest BCUT2D eigenvalue weighted by molar-refractivity contribution is 6.03. The second kappa shape index (κ2) is 7.35. The summed E-state index contributed by atoms with van der Waals surface area (Å²) < 4.78 is 0. The van der Waals surface area contributed by atoms with Crippen molar-refractivity contribution in [1.82, 2.24) is 9.97 Å². The molecule has 0 saturated heterocycles. The number of nitrogens with zero attached hydrogens (tertiary/aromatic N) is 2. The van der Waals surface area contributed by atoms with Crippen molar-refractivity contribution >= 4 is 23.2 Å². The Hall–Kier alpha value is -3.21. The first-order valence-corrected chi connectivity index (χ1v) is 8.49. The molecule has 3 rings (SSSR count). The highest BCUT2D eigenvalue weighted by Gasteiger charge is 2.12. The number of anilines is 3. The van der Waals surface area contributed by atoms with Crippen LogP contribution in [0.4, 0.5) is 17.3 Å². The smallest absolute Gasteiger partial charge is 0.274 e. The third-order valence-electron chi connectivity index (χ3n) is 4.11. The predicted octanol–water partition coefficient (Wildman–Crippen LogP) is 4.71. The van der Waals surface area contributed by atoms with E-state index in [4.69, 9.17) is 0 Å². The Morgan fingerprint density at radius 1 is 0.846 bits per heavy atom. The quantitative estimate of drug-likeness (QED) is 0.718. The molecule has 3 aromatic rings. The van der Waals surface area contributed by atoms with Crippen molar-refractivity contribution in [3.8, 4) is 0 Å². The Labute approximate surface area is 153 Å². The summed E-state index contributed by atoms with van der Waals surface area (Å²) in [5, 5.41) is 6.12. The number of benzene rings is 2. The van der Waals surface area contributed by atoms with E-state index in [0.29, 0.717) is 11.6 Å². The zero-order valence-corrected chi connectivity index (χ0v) is 15.4. The first-order chi connectivity index (χ1) is 12.4. The third kappa shape index (κ3) is 4.06. The predicted molar refractivity (Wildman–Crippen MR) is 105 cm³/mol. The lowest BCUT2D eigenvalue weighted by Gasteiger charge is -2.12. The van der Waals surface area contributed by atoms with Crippen LogP contribution < -0.4 is 10.6 Å². The molecule has 0 aliphatic rings. The molecular weight excluding hydrogens is 324 g/mol. The van der Waals surface area contributed by atoms with Gasteiger partial charge in [-0.3, -0.25) is 4.79 Å². The molecule has 0 fully saturated rings. The van der Waals surface area contributed by atoms with Crippen LogP contribution in [-0.4, -0.2) is 15.9 Å². The molecule has 0 aliphatic heterocycles. The van der Waals surface area contributed by atoms with Crippen LogP contribution >= 0.6 is 0 Å². The number of carbonyl (C=O) groups is 1. The van der Waals surface area contributed by atoms with Crippen molar-refractivity contribution in [1.29, 1.82) is 0 Å². The molecule has 0 bridgehead atoms. The fraction of sp³-hybridized carbons (Fsp3) is 0.190. The van der Waals surface area contributed by atoms with E-state index in [1.807, 2.05) is 64.1 Å². The first kappa shape index (κ1) is 17.6. The zero-order valence-electron chi connectivity index (χ0n) is 15.4. The van der Waals surface area contributed by atoms with E-state index < -0.39 is 0 Å². The maximum Gasteiger partial charge on any atom is 0.274 e. The molecule has 5 heteroatoms. The number of rotatable bonds is 4. The topological polar surface area (TPSA) is 66.9 Å². The van der Waals surface area contributed by atoms with E-state index in [1.165, 1.54) is 5.56 Å². The molecule has 0 saturated carbocycles. The van der Waals surface area contributed by atoms with Gasteiger partial charge in [-0.1, -0.05) is 35.9 Å². The standard InChI is InChI=1S/C21H22N4O/c1-13-9-10-18(15(3)11-13)24-21-22-16(4)12-19(25-21)20(26)23-17-8-6-5-7-14(17)2/h5-12H,1-4H3,(H,23,26)(H,22,24,25). The maximum atomic E-state index is 12.6. The lowest BCUT2D eigenvalue weighted by atomic mass is 10.1. The number of nitrogens with one attached hydrogen (secondary N) is 2. The molecule has 0 atom stereocenters. The molecule has 0 unspecified atom stereocenters. The van der Waals surface area contributed by atoms with Gasteiger partial charge in [0, 0.05) is 17.1 Å². The molecular formula is C21H22N4O. The molecule has 1 heterocycles. The molecule has 0 spiro atoms. The number of amides is 1. The molecule has 2 aromatic carbocycles. The van der Waals surface area contributed by atoms with Crippen molar-refractivity contribution in [2.75, 3.05) is 10.6 Å². The van der Waals surface area contributed by atoms with Crippen molar-refractivity contribution in [3.63, 3.8) is 0 Å². The molecule has 26 heavy (non-hydrogen) atoms. The molecule has 0 aliphatic carbocycles. The van der Waals surface area contributed by atoms with E-state index in [-0.39, 0.29) is 5.91 Å². The van der Waals surface area contributed by atoms with Crippen LogP contribution in [-0.2, 0) is 0 Å². The van der Waals surface area contributed by atoms with Crippen molar-refractivity contribution in [2.45, 2.75) is 27.7 Å². The number of para-hydroxylation sites is 1. The lowest BCUT2D eigenvalue weighted by molar-refractivity contribution is 0.102. The van der Waals surface area contributed by atoms with Gasteiger partial charge in [0.1, 0.15) is 5.69 Å². The van der Waals surface area contributed by atoms with Crippen LogP contribution in [0.25, 0.3) is 0 Å². The van der Waals surface area contributed by atoms with Crippen LogP contribution in [0.5, 0.6) is 0 Å². The zero-order chi connectivity index (χ0) is 18.7. The van der Waals surface area contributed by atoms with Gasteiger partial charge in [-0.2, -0.15) is 0 Å². The second-order valence-corrected chi connectivity index (χ2v) is 6.43. The lowest BCUT2D eigenvalue weighted by Crippen LogP contribution is -2.16. The second-order valence-electron chi connectivity index (χ2n) is 6.43. The Balaban J connectivity index is 1.85. The summed E-state index contributed by atoms with van der Waals surface area (Å²) >= 11 is 0. The first-order valence-electron chi connectivity index (χ1n) is 8.49. The summed E-state index contributed by atoms with van der Waals surface area (Å²) in [7, 11) is 0. The van der Waals surface area contributed by atoms with Gasteiger partial charge in [0.05, 0.1) is 0 Å². The number of hydrogen-bond acceptors (Lipinski definition) is 4. The third-order valence-corrected chi connectivity index (χ3v) is 4.11. The molecule has 5 nitrogen and oxygen atoms in total. The van der Waals surface area contributed by atoms with E-state index in [2.05, 4.69) is 26.7 Å². The summed E-state index contributed by atoms with van der Waals surface area (Å²) in [6, 6.07) is 15.4. The van der Waals surface area contributed by atoms with Crippen LogP contribution in [0.3, 0.4) is 0 Å². The highest BCUT2D eigenvalue weighted by atomic mass is 16.1. The molecule has 132 valence electrons. The Morgan fingerprint density at radius 2 is 1.62 bits per heavy atom. The monoisotopic (exact) mass is 346 g/mol. The van der Waals surface area contributed by atoms with E-state index in [9.17, 15) is 4.79 Å². The summed E-state index contributed by atoms with van der Waals surface area (Å²) in [5.41, 5.74) is 6.04. The van der Waals surface area contributed by atoms with Gasteiger partial charge >= 0.3 is 0 Å². The molecule has 1 aromatic heterocycles. The van der Waals surface area contributed by atoms with Crippen molar-refractivity contribution < 1.29 is 4.79 Å². The van der Waals surface area contributed by atoms with Gasteiger partial charge < -0.3 is 10.6 Å². The average Bonchev–Trinajstić information content (AvgIpc) is 2.59. The van der Waals surface area contributed by atoms with Crippen LogP contribution in [0.1, 0.15) is 32.9 Å². The molecule has 2 N–H and O–H groups in total. The fourth-order valence-corrected chi connectivity index (χ4v) is 2.71. The number of aryl methyl sites for hydroxylation is 4. The minimum atomic E-state index is -0.256.